The molecule has 1 fully saturated rings. The van der Waals surface area contributed by atoms with E-state index in [0.717, 1.165) is 25.9 Å². The Morgan fingerprint density at radius 2 is 2.00 bits per heavy atom. The van der Waals surface area contributed by atoms with Crippen molar-refractivity contribution in [1.82, 2.24) is 10.2 Å². The van der Waals surface area contributed by atoms with Crippen molar-refractivity contribution in [3.05, 3.63) is 35.6 Å². The molecule has 0 unspecified atom stereocenters. The standard InChI is InChI=1S/C18H27FN2O2/c1-18(2,13-23-3)17(22)20-12-16(21-10-6-7-11-21)14-8-4-5-9-15(14)19/h4-5,8-9,16H,6-7,10-13H2,1-3H3,(H,20,22)/t16-/m0/s1. The van der Waals surface area contributed by atoms with Crippen LogP contribution in [0.2, 0.25) is 0 Å². The molecule has 4 nitrogen and oxygen atoms in total. The molecule has 5 heteroatoms. The van der Waals surface area contributed by atoms with E-state index in [0.29, 0.717) is 18.7 Å². The van der Waals surface area contributed by atoms with Gasteiger partial charge in [-0.2, -0.15) is 0 Å². The number of amides is 1. The summed E-state index contributed by atoms with van der Waals surface area (Å²) in [5, 5.41) is 2.98. The summed E-state index contributed by atoms with van der Waals surface area (Å²) in [6.07, 6.45) is 2.24. The Kier molecular flexibility index (Phi) is 6.13. The van der Waals surface area contributed by atoms with E-state index in [9.17, 15) is 9.18 Å². The number of carbonyl (C=O) groups is 1. The predicted octanol–water partition coefficient (Wildman–Crippen LogP) is 2.75. The van der Waals surface area contributed by atoms with E-state index in [1.54, 1.807) is 13.2 Å². The highest BCUT2D eigenvalue weighted by Gasteiger charge is 2.30. The van der Waals surface area contributed by atoms with Crippen molar-refractivity contribution >= 4 is 5.91 Å². The highest BCUT2D eigenvalue weighted by molar-refractivity contribution is 5.82. The summed E-state index contributed by atoms with van der Waals surface area (Å²) in [6, 6.07) is 6.71. The van der Waals surface area contributed by atoms with E-state index in [4.69, 9.17) is 4.74 Å². The Bertz CT molecular complexity index is 528. The number of nitrogens with zero attached hydrogens (tertiary/aromatic N) is 1. The average Bonchev–Trinajstić information content (AvgIpc) is 3.03. The molecule has 0 aromatic heterocycles. The average molecular weight is 322 g/mol. The van der Waals surface area contributed by atoms with Crippen LogP contribution in [0.1, 0.15) is 38.3 Å². The molecule has 0 spiro atoms. The Labute approximate surface area is 138 Å². The topological polar surface area (TPSA) is 41.6 Å². The van der Waals surface area contributed by atoms with Crippen molar-refractivity contribution in [2.24, 2.45) is 5.41 Å². The molecule has 1 aromatic carbocycles. The molecule has 1 aliphatic rings. The molecule has 1 atom stereocenters. The van der Waals surface area contributed by atoms with Crippen molar-refractivity contribution in [1.29, 1.82) is 0 Å². The second-order valence-electron chi connectivity index (χ2n) is 6.81. The van der Waals surface area contributed by atoms with Gasteiger partial charge in [0.25, 0.3) is 0 Å². The molecule has 0 bridgehead atoms. The van der Waals surface area contributed by atoms with Gasteiger partial charge in [0.05, 0.1) is 18.1 Å². The minimum Gasteiger partial charge on any atom is -0.384 e. The molecule has 1 aliphatic heterocycles. The SMILES string of the molecule is COCC(C)(C)C(=O)NC[C@@H](c1ccccc1F)N1CCCC1. The number of ether oxygens (including phenoxy) is 1. The lowest BCUT2D eigenvalue weighted by molar-refractivity contribution is -0.132. The van der Waals surface area contributed by atoms with E-state index < -0.39 is 5.41 Å². The summed E-state index contributed by atoms with van der Waals surface area (Å²) >= 11 is 0. The Morgan fingerprint density at radius 1 is 1.35 bits per heavy atom. The normalized spacial score (nSPS) is 17.2. The molecular formula is C18H27FN2O2. The van der Waals surface area contributed by atoms with Gasteiger partial charge in [0.15, 0.2) is 0 Å². The van der Waals surface area contributed by atoms with Gasteiger partial charge in [-0.3, -0.25) is 9.69 Å². The van der Waals surface area contributed by atoms with E-state index in [1.165, 1.54) is 6.07 Å². The molecule has 1 amide bonds. The molecule has 0 aliphatic carbocycles. The van der Waals surface area contributed by atoms with E-state index in [1.807, 2.05) is 26.0 Å². The summed E-state index contributed by atoms with van der Waals surface area (Å²) in [7, 11) is 1.58. The van der Waals surface area contributed by atoms with Crippen LogP contribution in [0.15, 0.2) is 24.3 Å². The minimum atomic E-state index is -0.598. The van der Waals surface area contributed by atoms with Gasteiger partial charge in [-0.25, -0.2) is 4.39 Å². The minimum absolute atomic E-state index is 0.0695. The number of hydrogen-bond acceptors (Lipinski definition) is 3. The Hall–Kier alpha value is -1.46. The van der Waals surface area contributed by atoms with Crippen molar-refractivity contribution in [3.63, 3.8) is 0 Å². The first-order valence-electron chi connectivity index (χ1n) is 8.21. The van der Waals surface area contributed by atoms with Crippen molar-refractivity contribution in [2.75, 3.05) is 33.4 Å². The lowest BCUT2D eigenvalue weighted by Crippen LogP contribution is -2.44. The number of carbonyl (C=O) groups excluding carboxylic acids is 1. The van der Waals surface area contributed by atoms with Crippen LogP contribution in [0, 0.1) is 11.2 Å². The largest absolute Gasteiger partial charge is 0.384 e. The highest BCUT2D eigenvalue weighted by atomic mass is 19.1. The summed E-state index contributed by atoms with van der Waals surface area (Å²) in [6.45, 7) is 6.34. The Balaban J connectivity index is 2.10. The fourth-order valence-electron chi connectivity index (χ4n) is 3.09. The summed E-state index contributed by atoms with van der Waals surface area (Å²) < 4.78 is 19.3. The van der Waals surface area contributed by atoms with Crippen LogP contribution in [0.25, 0.3) is 0 Å². The molecule has 1 N–H and O–H groups in total. The third-order valence-corrected chi connectivity index (χ3v) is 4.42. The molecule has 1 saturated heterocycles. The quantitative estimate of drug-likeness (QED) is 0.839. The number of nitrogens with one attached hydrogen (secondary N) is 1. The van der Waals surface area contributed by atoms with Gasteiger partial charge < -0.3 is 10.1 Å². The van der Waals surface area contributed by atoms with Crippen LogP contribution in [-0.4, -0.2) is 44.2 Å². The number of methoxy groups -OCH3 is 1. The molecule has 1 heterocycles. The van der Waals surface area contributed by atoms with Gasteiger partial charge in [0.1, 0.15) is 5.82 Å². The van der Waals surface area contributed by atoms with Crippen LogP contribution >= 0.6 is 0 Å². The molecule has 1 aromatic rings. The van der Waals surface area contributed by atoms with Gasteiger partial charge in [-0.1, -0.05) is 18.2 Å². The van der Waals surface area contributed by atoms with Gasteiger partial charge in [0.2, 0.25) is 5.91 Å². The van der Waals surface area contributed by atoms with E-state index in [2.05, 4.69) is 10.2 Å². The number of benzene rings is 1. The van der Waals surface area contributed by atoms with Gasteiger partial charge in [-0.15, -0.1) is 0 Å². The zero-order valence-corrected chi connectivity index (χ0v) is 14.3. The number of rotatable bonds is 7. The summed E-state index contributed by atoms with van der Waals surface area (Å²) in [5.74, 6) is -0.283. The van der Waals surface area contributed by atoms with Crippen molar-refractivity contribution in [3.8, 4) is 0 Å². The van der Waals surface area contributed by atoms with Crippen LogP contribution in [0.3, 0.4) is 0 Å². The van der Waals surface area contributed by atoms with E-state index in [-0.39, 0.29) is 17.8 Å². The lowest BCUT2D eigenvalue weighted by Gasteiger charge is -2.30. The number of halogens is 1. The molecule has 128 valence electrons. The maximum atomic E-state index is 14.2. The zero-order valence-electron chi connectivity index (χ0n) is 14.3. The molecule has 0 radical (unpaired) electrons. The zero-order chi connectivity index (χ0) is 16.9. The number of hydrogen-bond donors (Lipinski definition) is 1. The number of likely N-dealkylation sites (tertiary alicyclic amines) is 1. The summed E-state index contributed by atoms with van der Waals surface area (Å²) in [5.41, 5.74) is 0.0544. The maximum absolute atomic E-state index is 14.2. The second-order valence-corrected chi connectivity index (χ2v) is 6.81. The first-order chi connectivity index (χ1) is 11.0. The van der Waals surface area contributed by atoms with Crippen LogP contribution in [0.5, 0.6) is 0 Å². The first kappa shape index (κ1) is 17.9. The first-order valence-corrected chi connectivity index (χ1v) is 8.21. The van der Waals surface area contributed by atoms with Crippen LogP contribution in [0.4, 0.5) is 4.39 Å². The van der Waals surface area contributed by atoms with Crippen molar-refractivity contribution in [2.45, 2.75) is 32.7 Å². The van der Waals surface area contributed by atoms with Gasteiger partial charge >= 0.3 is 0 Å². The maximum Gasteiger partial charge on any atom is 0.228 e. The third kappa shape index (κ3) is 4.52. The molecule has 23 heavy (non-hydrogen) atoms. The highest BCUT2D eigenvalue weighted by Crippen LogP contribution is 2.27. The lowest BCUT2D eigenvalue weighted by atomic mass is 9.93. The fraction of sp³-hybridized carbons (Fsp3) is 0.611. The van der Waals surface area contributed by atoms with Gasteiger partial charge in [0, 0.05) is 19.2 Å². The van der Waals surface area contributed by atoms with Gasteiger partial charge in [-0.05, 0) is 45.8 Å². The summed E-state index contributed by atoms with van der Waals surface area (Å²) in [4.78, 5) is 14.6. The third-order valence-electron chi connectivity index (χ3n) is 4.42. The smallest absolute Gasteiger partial charge is 0.228 e. The second kappa shape index (κ2) is 7.88. The molecule has 0 saturated carbocycles. The van der Waals surface area contributed by atoms with E-state index >= 15 is 0 Å². The monoisotopic (exact) mass is 322 g/mol. The molecular weight excluding hydrogens is 295 g/mol. The fourth-order valence-corrected chi connectivity index (χ4v) is 3.09. The molecule has 2 rings (SSSR count). The predicted molar refractivity (Wildman–Crippen MR) is 88.6 cm³/mol. The van der Waals surface area contributed by atoms with Crippen LogP contribution in [-0.2, 0) is 9.53 Å². The Morgan fingerprint density at radius 3 is 2.61 bits per heavy atom. The van der Waals surface area contributed by atoms with Crippen LogP contribution < -0.4 is 5.32 Å². The van der Waals surface area contributed by atoms with Crippen molar-refractivity contribution < 1.29 is 13.9 Å².